The van der Waals surface area contributed by atoms with E-state index in [1.165, 1.54) is 6.07 Å². The molecule has 0 N–H and O–H groups in total. The summed E-state index contributed by atoms with van der Waals surface area (Å²) in [7, 11) is 0. The molecule has 2 aromatic carbocycles. The van der Waals surface area contributed by atoms with Crippen LogP contribution < -0.4 is 0 Å². The van der Waals surface area contributed by atoms with E-state index in [-0.39, 0.29) is 11.3 Å². The van der Waals surface area contributed by atoms with Crippen LogP contribution in [0.2, 0.25) is 0 Å². The summed E-state index contributed by atoms with van der Waals surface area (Å²) in [6, 6.07) is 9.57. The highest BCUT2D eigenvalue weighted by Gasteiger charge is 2.19. The molecule has 0 fully saturated rings. The lowest BCUT2D eigenvalue weighted by Crippen LogP contribution is -2.03. The number of halogens is 3. The predicted molar refractivity (Wildman–Crippen MR) is 73.7 cm³/mol. The molecule has 1 aromatic heterocycles. The fourth-order valence-electron chi connectivity index (χ4n) is 1.94. The van der Waals surface area contributed by atoms with Gasteiger partial charge in [0, 0.05) is 5.39 Å². The fraction of sp³-hybridized carbons (Fsp3) is 0. The summed E-state index contributed by atoms with van der Waals surface area (Å²) in [5, 5.41) is 0.708. The van der Waals surface area contributed by atoms with Crippen molar-refractivity contribution in [2.45, 2.75) is 0 Å². The summed E-state index contributed by atoms with van der Waals surface area (Å²) >= 11 is 3.30. The Balaban J connectivity index is 2.13. The molecule has 0 atom stereocenters. The number of hydrogen-bond acceptors (Lipinski definition) is 2. The molecular weight excluding hydrogens is 330 g/mol. The first kappa shape index (κ1) is 13.0. The smallest absolute Gasteiger partial charge is 0.231 e. The van der Waals surface area contributed by atoms with Gasteiger partial charge in [-0.15, -0.1) is 0 Å². The van der Waals surface area contributed by atoms with Crippen molar-refractivity contribution in [3.63, 3.8) is 0 Å². The molecule has 0 saturated carbocycles. The van der Waals surface area contributed by atoms with Gasteiger partial charge >= 0.3 is 0 Å². The Morgan fingerprint density at radius 2 is 1.90 bits per heavy atom. The van der Waals surface area contributed by atoms with E-state index in [1.54, 1.807) is 18.2 Å². The Labute approximate surface area is 121 Å². The van der Waals surface area contributed by atoms with Crippen LogP contribution in [0.5, 0.6) is 0 Å². The second-order valence-electron chi connectivity index (χ2n) is 4.22. The lowest BCUT2D eigenvalue weighted by molar-refractivity contribution is 0.101. The molecule has 20 heavy (non-hydrogen) atoms. The van der Waals surface area contributed by atoms with E-state index >= 15 is 0 Å². The van der Waals surface area contributed by atoms with Gasteiger partial charge in [0.1, 0.15) is 17.2 Å². The van der Waals surface area contributed by atoms with Crippen LogP contribution >= 0.6 is 15.9 Å². The average Bonchev–Trinajstić information content (AvgIpc) is 2.86. The second kappa shape index (κ2) is 4.83. The highest BCUT2D eigenvalue weighted by Crippen LogP contribution is 2.28. The van der Waals surface area contributed by atoms with Crippen molar-refractivity contribution < 1.29 is 18.0 Å². The molecule has 100 valence electrons. The minimum atomic E-state index is -0.782. The molecule has 5 heteroatoms. The molecule has 0 aliphatic rings. The van der Waals surface area contributed by atoms with E-state index in [0.29, 0.717) is 15.4 Å². The largest absolute Gasteiger partial charge is 0.451 e. The SMILES string of the molecule is O=C(c1cc2cccc(Br)c2o1)c1cc(F)ccc1F. The molecule has 1 heterocycles. The van der Waals surface area contributed by atoms with Crippen LogP contribution in [0.15, 0.2) is 51.4 Å². The lowest BCUT2D eigenvalue weighted by atomic mass is 10.1. The Kier molecular flexibility index (Phi) is 3.14. The van der Waals surface area contributed by atoms with Crippen molar-refractivity contribution in [2.75, 3.05) is 0 Å². The third-order valence-corrected chi connectivity index (χ3v) is 3.52. The molecule has 0 saturated heterocycles. The number of fused-ring (bicyclic) bond motifs is 1. The van der Waals surface area contributed by atoms with Crippen LogP contribution in [0.3, 0.4) is 0 Å². The Morgan fingerprint density at radius 3 is 2.65 bits per heavy atom. The van der Waals surface area contributed by atoms with E-state index in [0.717, 1.165) is 18.2 Å². The van der Waals surface area contributed by atoms with Crippen LogP contribution in [0.25, 0.3) is 11.0 Å². The van der Waals surface area contributed by atoms with Gasteiger partial charge in [-0.05, 0) is 46.3 Å². The minimum Gasteiger partial charge on any atom is -0.451 e. The molecule has 0 aliphatic carbocycles. The quantitative estimate of drug-likeness (QED) is 0.634. The minimum absolute atomic E-state index is 0.0311. The molecule has 3 rings (SSSR count). The maximum absolute atomic E-state index is 13.6. The van der Waals surface area contributed by atoms with Crippen molar-refractivity contribution >= 4 is 32.7 Å². The first-order valence-corrected chi connectivity index (χ1v) is 6.53. The second-order valence-corrected chi connectivity index (χ2v) is 5.08. The molecule has 0 amide bonds. The predicted octanol–water partition coefficient (Wildman–Crippen LogP) is 4.70. The van der Waals surface area contributed by atoms with Crippen LogP contribution in [0.1, 0.15) is 16.1 Å². The Hall–Kier alpha value is -2.01. The maximum Gasteiger partial charge on any atom is 0.231 e. The van der Waals surface area contributed by atoms with Gasteiger partial charge in [0.05, 0.1) is 10.0 Å². The van der Waals surface area contributed by atoms with Crippen molar-refractivity contribution in [3.05, 3.63) is 69.9 Å². The van der Waals surface area contributed by atoms with Crippen molar-refractivity contribution in [3.8, 4) is 0 Å². The van der Waals surface area contributed by atoms with E-state index in [2.05, 4.69) is 15.9 Å². The van der Waals surface area contributed by atoms with Crippen LogP contribution in [-0.4, -0.2) is 5.78 Å². The van der Waals surface area contributed by atoms with E-state index in [9.17, 15) is 13.6 Å². The van der Waals surface area contributed by atoms with Crippen LogP contribution in [0, 0.1) is 11.6 Å². The molecule has 0 bridgehead atoms. The highest BCUT2D eigenvalue weighted by molar-refractivity contribution is 9.10. The van der Waals surface area contributed by atoms with Crippen molar-refractivity contribution in [1.82, 2.24) is 0 Å². The zero-order valence-corrected chi connectivity index (χ0v) is 11.6. The van der Waals surface area contributed by atoms with E-state index in [1.807, 2.05) is 0 Å². The summed E-state index contributed by atoms with van der Waals surface area (Å²) in [6.07, 6.45) is 0. The number of rotatable bonds is 2. The Bertz CT molecular complexity index is 824. The number of ketones is 1. The maximum atomic E-state index is 13.6. The number of benzene rings is 2. The monoisotopic (exact) mass is 336 g/mol. The lowest BCUT2D eigenvalue weighted by Gasteiger charge is -1.99. The topological polar surface area (TPSA) is 30.2 Å². The van der Waals surface area contributed by atoms with E-state index in [4.69, 9.17) is 4.42 Å². The third kappa shape index (κ3) is 2.14. The molecule has 2 nitrogen and oxygen atoms in total. The summed E-state index contributed by atoms with van der Waals surface area (Å²) in [6.45, 7) is 0. The number of para-hydroxylation sites is 1. The van der Waals surface area contributed by atoms with E-state index < -0.39 is 17.4 Å². The molecule has 0 aliphatic heterocycles. The molecule has 0 spiro atoms. The fourth-order valence-corrected chi connectivity index (χ4v) is 2.41. The first-order valence-electron chi connectivity index (χ1n) is 5.74. The number of hydrogen-bond donors (Lipinski definition) is 0. The van der Waals surface area contributed by atoms with Gasteiger partial charge in [0.2, 0.25) is 5.78 Å². The number of carbonyl (C=O) groups excluding carboxylic acids is 1. The van der Waals surface area contributed by atoms with Gasteiger partial charge in [-0.25, -0.2) is 8.78 Å². The summed E-state index contributed by atoms with van der Waals surface area (Å²) in [4.78, 5) is 12.2. The summed E-state index contributed by atoms with van der Waals surface area (Å²) in [5.41, 5.74) is 0.146. The molecule has 3 aromatic rings. The zero-order valence-electron chi connectivity index (χ0n) is 9.99. The number of carbonyl (C=O) groups is 1. The molecule has 0 radical (unpaired) electrons. The normalized spacial score (nSPS) is 10.9. The van der Waals surface area contributed by atoms with Crippen molar-refractivity contribution in [2.24, 2.45) is 0 Å². The standard InChI is InChI=1S/C15H7BrF2O2/c16-11-3-1-2-8-6-13(20-15(8)11)14(19)10-7-9(17)4-5-12(10)18/h1-7H. The van der Waals surface area contributed by atoms with Gasteiger partial charge in [-0.3, -0.25) is 4.79 Å². The highest BCUT2D eigenvalue weighted by atomic mass is 79.9. The Morgan fingerprint density at radius 1 is 1.10 bits per heavy atom. The van der Waals surface area contributed by atoms with Gasteiger partial charge in [-0.2, -0.15) is 0 Å². The molecule has 0 unspecified atom stereocenters. The van der Waals surface area contributed by atoms with Gasteiger partial charge < -0.3 is 4.42 Å². The van der Waals surface area contributed by atoms with Gasteiger partial charge in [-0.1, -0.05) is 12.1 Å². The van der Waals surface area contributed by atoms with Crippen molar-refractivity contribution in [1.29, 1.82) is 0 Å². The van der Waals surface area contributed by atoms with Gasteiger partial charge in [0.15, 0.2) is 5.76 Å². The molecular formula is C15H7BrF2O2. The number of furan rings is 1. The third-order valence-electron chi connectivity index (χ3n) is 2.89. The van der Waals surface area contributed by atoms with Crippen LogP contribution in [0.4, 0.5) is 8.78 Å². The zero-order chi connectivity index (χ0) is 14.3. The van der Waals surface area contributed by atoms with Crippen LogP contribution in [-0.2, 0) is 0 Å². The summed E-state index contributed by atoms with van der Waals surface area (Å²) < 4.78 is 32.8. The first-order chi connectivity index (χ1) is 9.56. The summed E-state index contributed by atoms with van der Waals surface area (Å²) in [5.74, 6) is -2.18. The average molecular weight is 337 g/mol. The van der Waals surface area contributed by atoms with Gasteiger partial charge in [0.25, 0.3) is 0 Å².